The van der Waals surface area contributed by atoms with Crippen molar-refractivity contribution in [3.05, 3.63) is 35.9 Å². The smallest absolute Gasteiger partial charge is 0.245 e. The molecule has 0 saturated heterocycles. The molecular weight excluding hydrogens is 722 g/mol. The zero-order valence-electron chi connectivity index (χ0n) is 31.6. The molecular formula is C35H55N9O11. The fourth-order valence-electron chi connectivity index (χ4n) is 5.29. The zero-order chi connectivity index (χ0) is 42.0. The maximum absolute atomic E-state index is 13.7. The molecule has 306 valence electrons. The van der Waals surface area contributed by atoms with Crippen LogP contribution in [0.15, 0.2) is 30.3 Å². The number of carbonyl (C=O) groups excluding carboxylic acids is 9. The summed E-state index contributed by atoms with van der Waals surface area (Å²) < 4.78 is 0. The maximum Gasteiger partial charge on any atom is 0.245 e. The lowest BCUT2D eigenvalue weighted by atomic mass is 9.97. The van der Waals surface area contributed by atoms with Gasteiger partial charge in [0.05, 0.1) is 31.6 Å². The number of aliphatic hydroxyl groups is 2. The molecule has 20 heteroatoms. The number of carbonyl (C=O) groups is 9. The van der Waals surface area contributed by atoms with Crippen LogP contribution in [0.5, 0.6) is 0 Å². The molecule has 0 aromatic heterocycles. The van der Waals surface area contributed by atoms with Gasteiger partial charge in [-0.25, -0.2) is 0 Å². The van der Waals surface area contributed by atoms with E-state index in [0.29, 0.717) is 5.56 Å². The lowest BCUT2D eigenvalue weighted by Crippen LogP contribution is -2.59. The molecule has 14 N–H and O–H groups in total. The lowest BCUT2D eigenvalue weighted by molar-refractivity contribution is -0.135. The second kappa shape index (κ2) is 23.2. The number of nitrogens with two attached hydrogens (primary N) is 3. The summed E-state index contributed by atoms with van der Waals surface area (Å²) in [7, 11) is 0. The summed E-state index contributed by atoms with van der Waals surface area (Å²) in [5.41, 5.74) is 16.6. The van der Waals surface area contributed by atoms with Crippen LogP contribution in [0.1, 0.15) is 65.9 Å². The van der Waals surface area contributed by atoms with Crippen molar-refractivity contribution in [3.8, 4) is 0 Å². The fraction of sp³-hybridized carbons (Fsp3) is 0.571. The Morgan fingerprint density at radius 2 is 1.18 bits per heavy atom. The van der Waals surface area contributed by atoms with Gasteiger partial charge in [-0.15, -0.1) is 0 Å². The predicted molar refractivity (Wildman–Crippen MR) is 196 cm³/mol. The Hall–Kier alpha value is -5.63. The number of aliphatic hydroxyl groups excluding tert-OH is 2. The Bertz CT molecular complexity index is 1520. The van der Waals surface area contributed by atoms with Crippen LogP contribution in [-0.2, 0) is 49.6 Å². The maximum atomic E-state index is 13.7. The van der Waals surface area contributed by atoms with Gasteiger partial charge < -0.3 is 59.3 Å². The van der Waals surface area contributed by atoms with Crippen LogP contribution in [-0.4, -0.2) is 112 Å². The topological polar surface area (TPSA) is 344 Å². The fourth-order valence-corrected chi connectivity index (χ4v) is 5.29. The molecule has 1 aromatic carbocycles. The average molecular weight is 778 g/mol. The van der Waals surface area contributed by atoms with Crippen LogP contribution < -0.4 is 49.1 Å². The first kappa shape index (κ1) is 47.4. The lowest BCUT2D eigenvalue weighted by Gasteiger charge is -2.29. The summed E-state index contributed by atoms with van der Waals surface area (Å²) >= 11 is 0. The SMILES string of the molecule is CC(=O)N[C@@H](CO)C(=O)N[C@@H](CCC(N)=O)C(=O)N[C@@H](CC(N)=O)C(=O)N[C@@H](Cc1ccccc1)C(O)CC(=O)N[C@H](C(=O)N[C@H](C(N)=O)C(C)C)C(C)C. The second-order valence-corrected chi connectivity index (χ2v) is 13.7. The summed E-state index contributed by atoms with van der Waals surface area (Å²) in [5, 5.41) is 35.2. The van der Waals surface area contributed by atoms with E-state index in [-0.39, 0.29) is 18.8 Å². The summed E-state index contributed by atoms with van der Waals surface area (Å²) in [6, 6.07) is 0.393. The molecule has 7 atom stereocenters. The molecule has 9 amide bonds. The number of nitrogens with one attached hydrogen (secondary N) is 6. The molecule has 20 nitrogen and oxygen atoms in total. The van der Waals surface area contributed by atoms with Crippen LogP contribution in [0.2, 0.25) is 0 Å². The third kappa shape index (κ3) is 17.4. The van der Waals surface area contributed by atoms with Gasteiger partial charge in [0.25, 0.3) is 0 Å². The predicted octanol–water partition coefficient (Wildman–Crippen LogP) is -4.16. The van der Waals surface area contributed by atoms with Crippen molar-refractivity contribution < 1.29 is 53.4 Å². The van der Waals surface area contributed by atoms with E-state index in [2.05, 4.69) is 31.9 Å². The second-order valence-electron chi connectivity index (χ2n) is 13.7. The van der Waals surface area contributed by atoms with Crippen LogP contribution >= 0.6 is 0 Å². The molecule has 1 rings (SSSR count). The van der Waals surface area contributed by atoms with Gasteiger partial charge in [-0.3, -0.25) is 43.2 Å². The molecule has 1 aromatic rings. The van der Waals surface area contributed by atoms with Gasteiger partial charge >= 0.3 is 0 Å². The van der Waals surface area contributed by atoms with Gasteiger partial charge in [0.1, 0.15) is 30.2 Å². The standard InChI is InChI=1S/C35H55N9O11/c1-17(2)29(31(38)51)44-35(55)30(18(3)4)43-28(50)15-25(47)22(13-20-9-7-6-8-10-20)41-33(53)23(14-27(37)49)42-32(52)21(11-12-26(36)48)40-34(54)24(16-45)39-19(5)46/h6-10,17-18,21-25,29-30,45,47H,11-16H2,1-5H3,(H2,36,48)(H2,37,49)(H2,38,51)(H,39,46)(H,40,54)(H,41,53)(H,42,52)(H,43,50)(H,44,55)/t21-,22-,23-,24-,25?,29-,30-/m0/s1. The van der Waals surface area contributed by atoms with E-state index in [4.69, 9.17) is 17.2 Å². The largest absolute Gasteiger partial charge is 0.394 e. The molecule has 0 aliphatic heterocycles. The first-order valence-electron chi connectivity index (χ1n) is 17.6. The first-order valence-corrected chi connectivity index (χ1v) is 17.6. The highest BCUT2D eigenvalue weighted by Crippen LogP contribution is 2.12. The van der Waals surface area contributed by atoms with E-state index in [1.807, 2.05) is 0 Å². The number of amides is 9. The highest BCUT2D eigenvalue weighted by molar-refractivity contribution is 5.96. The molecule has 0 bridgehead atoms. The number of hydrogen-bond donors (Lipinski definition) is 11. The number of hydrogen-bond acceptors (Lipinski definition) is 11. The van der Waals surface area contributed by atoms with Crippen molar-refractivity contribution in [1.29, 1.82) is 0 Å². The van der Waals surface area contributed by atoms with Crippen LogP contribution in [0.25, 0.3) is 0 Å². The van der Waals surface area contributed by atoms with Gasteiger partial charge in [-0.2, -0.15) is 0 Å². The minimum Gasteiger partial charge on any atom is -0.394 e. The molecule has 0 spiro atoms. The van der Waals surface area contributed by atoms with Crippen molar-refractivity contribution in [2.75, 3.05) is 6.61 Å². The summed E-state index contributed by atoms with van der Waals surface area (Å²) in [4.78, 5) is 113. The number of primary amides is 3. The Morgan fingerprint density at radius 1 is 0.636 bits per heavy atom. The molecule has 55 heavy (non-hydrogen) atoms. The molecule has 0 radical (unpaired) electrons. The van der Waals surface area contributed by atoms with Crippen molar-refractivity contribution >= 4 is 53.2 Å². The Morgan fingerprint density at radius 3 is 1.67 bits per heavy atom. The van der Waals surface area contributed by atoms with Crippen molar-refractivity contribution in [1.82, 2.24) is 31.9 Å². The monoisotopic (exact) mass is 777 g/mol. The molecule has 0 fully saturated rings. The van der Waals surface area contributed by atoms with Crippen LogP contribution in [0, 0.1) is 11.8 Å². The van der Waals surface area contributed by atoms with Gasteiger partial charge in [0, 0.05) is 13.3 Å². The molecule has 0 saturated carbocycles. The van der Waals surface area contributed by atoms with Crippen molar-refractivity contribution in [3.63, 3.8) is 0 Å². The van der Waals surface area contributed by atoms with Gasteiger partial charge in [0.15, 0.2) is 0 Å². The molecule has 0 heterocycles. The Balaban J connectivity index is 3.32. The van der Waals surface area contributed by atoms with Crippen molar-refractivity contribution in [2.24, 2.45) is 29.0 Å². The van der Waals surface area contributed by atoms with Crippen molar-refractivity contribution in [2.45, 2.75) is 109 Å². The van der Waals surface area contributed by atoms with E-state index in [1.54, 1.807) is 58.0 Å². The van der Waals surface area contributed by atoms with Crippen LogP contribution in [0.3, 0.4) is 0 Å². The summed E-state index contributed by atoms with van der Waals surface area (Å²) in [5.74, 6) is -8.67. The van der Waals surface area contributed by atoms with Gasteiger partial charge in [-0.1, -0.05) is 58.0 Å². The third-order valence-electron chi connectivity index (χ3n) is 8.25. The zero-order valence-corrected chi connectivity index (χ0v) is 31.6. The Kier molecular flexibility index (Phi) is 20.0. The number of rotatable bonds is 24. The quantitative estimate of drug-likeness (QED) is 0.0479. The molecule has 0 aliphatic carbocycles. The highest BCUT2D eigenvalue weighted by Gasteiger charge is 2.34. The number of benzene rings is 1. The van der Waals surface area contributed by atoms with E-state index >= 15 is 0 Å². The van der Waals surface area contributed by atoms with Crippen LogP contribution in [0.4, 0.5) is 0 Å². The first-order chi connectivity index (χ1) is 25.7. The molecule has 0 aliphatic rings. The summed E-state index contributed by atoms with van der Waals surface area (Å²) in [6.45, 7) is 6.91. The molecule has 1 unspecified atom stereocenters. The van der Waals surface area contributed by atoms with Gasteiger partial charge in [0.2, 0.25) is 53.2 Å². The summed E-state index contributed by atoms with van der Waals surface area (Å²) in [6.07, 6.45) is -3.84. The van der Waals surface area contributed by atoms with E-state index < -0.39 is 127 Å². The third-order valence-corrected chi connectivity index (χ3v) is 8.25. The van der Waals surface area contributed by atoms with E-state index in [9.17, 15) is 53.4 Å². The highest BCUT2D eigenvalue weighted by atomic mass is 16.3. The van der Waals surface area contributed by atoms with E-state index in [1.165, 1.54) is 0 Å². The van der Waals surface area contributed by atoms with Gasteiger partial charge in [-0.05, 0) is 30.2 Å². The minimum atomic E-state index is -1.70. The Labute approximate surface area is 318 Å². The average Bonchev–Trinajstić information content (AvgIpc) is 3.08. The van der Waals surface area contributed by atoms with E-state index in [0.717, 1.165) is 6.92 Å². The minimum absolute atomic E-state index is 0.0516. The normalized spacial score (nSPS) is 14.9.